The Hall–Kier alpha value is -1.54. The minimum atomic E-state index is -2.81. The molecule has 0 radical (unpaired) electrons. The molecule has 1 saturated heterocycles. The van der Waals surface area contributed by atoms with Crippen LogP contribution in [0.5, 0.6) is 0 Å². The van der Waals surface area contributed by atoms with Crippen LogP contribution in [0.25, 0.3) is 0 Å². The van der Waals surface area contributed by atoms with Gasteiger partial charge in [-0.3, -0.25) is 9.69 Å². The molecule has 0 aromatic carbocycles. The number of nitrogens with one attached hydrogen (secondary N) is 1. The molecule has 1 aliphatic heterocycles. The molecule has 0 unspecified atom stereocenters. The van der Waals surface area contributed by atoms with Crippen molar-refractivity contribution < 1.29 is 18.3 Å². The lowest BCUT2D eigenvalue weighted by Crippen LogP contribution is -2.41. The molecule has 1 amide bonds. The average Bonchev–Trinajstić information content (AvgIpc) is 2.89. The zero-order valence-electron chi connectivity index (χ0n) is 10.4. The van der Waals surface area contributed by atoms with E-state index in [1.807, 2.05) is 0 Å². The second kappa shape index (κ2) is 6.58. The first kappa shape index (κ1) is 13.9. The lowest BCUT2D eigenvalue weighted by molar-refractivity contribution is 0.0379. The van der Waals surface area contributed by atoms with Gasteiger partial charge in [-0.05, 0) is 6.07 Å². The summed E-state index contributed by atoms with van der Waals surface area (Å²) in [4.78, 5) is 13.9. The number of amides is 1. The smallest absolute Gasteiger partial charge is 0.333 e. The van der Waals surface area contributed by atoms with Gasteiger partial charge in [0.2, 0.25) is 0 Å². The van der Waals surface area contributed by atoms with E-state index in [0.717, 1.165) is 13.1 Å². The highest BCUT2D eigenvalue weighted by Gasteiger charge is 2.18. The molecule has 1 fully saturated rings. The molecule has 1 aromatic rings. The number of aromatic nitrogens is 2. The monoisotopic (exact) mass is 274 g/mol. The number of morpholine rings is 1. The summed E-state index contributed by atoms with van der Waals surface area (Å²) >= 11 is 0. The fourth-order valence-electron chi connectivity index (χ4n) is 1.89. The van der Waals surface area contributed by atoms with Crippen molar-refractivity contribution in [1.29, 1.82) is 0 Å². The Bertz CT molecular complexity index is 419. The van der Waals surface area contributed by atoms with Crippen LogP contribution in [0.15, 0.2) is 12.3 Å². The number of ether oxygens (including phenoxy) is 1. The van der Waals surface area contributed by atoms with Crippen molar-refractivity contribution >= 4 is 5.91 Å². The number of hydrogen-bond donors (Lipinski definition) is 1. The summed E-state index contributed by atoms with van der Waals surface area (Å²) in [6, 6.07) is 1.27. The maximum Gasteiger partial charge on any atom is 0.333 e. The van der Waals surface area contributed by atoms with E-state index in [1.54, 1.807) is 0 Å². The second-order valence-corrected chi connectivity index (χ2v) is 4.15. The number of hydrogen-bond acceptors (Lipinski definition) is 4. The highest BCUT2D eigenvalue weighted by molar-refractivity contribution is 5.92. The van der Waals surface area contributed by atoms with Crippen molar-refractivity contribution in [2.75, 3.05) is 39.4 Å². The number of carbonyl (C=O) groups excluding carboxylic acids is 1. The summed E-state index contributed by atoms with van der Waals surface area (Å²) in [5, 5.41) is 6.03. The van der Waals surface area contributed by atoms with Gasteiger partial charge in [0.1, 0.15) is 5.69 Å². The van der Waals surface area contributed by atoms with Crippen LogP contribution in [-0.2, 0) is 4.74 Å². The number of alkyl halides is 2. The normalized spacial score (nSPS) is 16.8. The Morgan fingerprint density at radius 1 is 1.47 bits per heavy atom. The molecule has 0 saturated carbocycles. The summed E-state index contributed by atoms with van der Waals surface area (Å²) in [6.07, 6.45) is 1.18. The minimum Gasteiger partial charge on any atom is -0.379 e. The van der Waals surface area contributed by atoms with Crippen LogP contribution in [0.4, 0.5) is 8.78 Å². The van der Waals surface area contributed by atoms with Crippen LogP contribution in [0.1, 0.15) is 17.0 Å². The van der Waals surface area contributed by atoms with Gasteiger partial charge in [0.05, 0.1) is 13.2 Å². The van der Waals surface area contributed by atoms with E-state index in [4.69, 9.17) is 4.74 Å². The summed E-state index contributed by atoms with van der Waals surface area (Å²) < 4.78 is 30.7. The Labute approximate surface area is 109 Å². The molecular formula is C11H16F2N4O2. The van der Waals surface area contributed by atoms with Gasteiger partial charge in [0.25, 0.3) is 5.91 Å². The molecule has 1 N–H and O–H groups in total. The predicted octanol–water partition coefficient (Wildman–Crippen LogP) is 0.340. The Kier molecular flexibility index (Phi) is 4.80. The third kappa shape index (κ3) is 3.71. The van der Waals surface area contributed by atoms with Gasteiger partial charge < -0.3 is 10.1 Å². The fraction of sp³-hybridized carbons (Fsp3) is 0.636. The molecule has 0 atom stereocenters. The van der Waals surface area contributed by atoms with E-state index in [9.17, 15) is 13.6 Å². The molecule has 0 spiro atoms. The van der Waals surface area contributed by atoms with Gasteiger partial charge in [0, 0.05) is 32.4 Å². The third-order valence-electron chi connectivity index (χ3n) is 2.91. The van der Waals surface area contributed by atoms with E-state index in [0.29, 0.717) is 31.0 Å². The molecule has 2 rings (SSSR count). The number of rotatable bonds is 5. The summed E-state index contributed by atoms with van der Waals surface area (Å²) in [5.41, 5.74) is -0.128. The number of nitrogens with zero attached hydrogens (tertiary/aromatic N) is 3. The second-order valence-electron chi connectivity index (χ2n) is 4.15. The van der Waals surface area contributed by atoms with Crippen LogP contribution in [0, 0.1) is 0 Å². The van der Waals surface area contributed by atoms with Crippen LogP contribution >= 0.6 is 0 Å². The molecular weight excluding hydrogens is 258 g/mol. The van der Waals surface area contributed by atoms with Crippen LogP contribution in [0.3, 0.4) is 0 Å². The van der Waals surface area contributed by atoms with E-state index in [-0.39, 0.29) is 5.69 Å². The van der Waals surface area contributed by atoms with E-state index < -0.39 is 12.5 Å². The quantitative estimate of drug-likeness (QED) is 0.841. The van der Waals surface area contributed by atoms with Crippen LogP contribution < -0.4 is 5.32 Å². The van der Waals surface area contributed by atoms with Gasteiger partial charge in [0.15, 0.2) is 0 Å². The van der Waals surface area contributed by atoms with E-state index in [1.165, 1.54) is 12.3 Å². The van der Waals surface area contributed by atoms with Gasteiger partial charge in [-0.1, -0.05) is 0 Å². The van der Waals surface area contributed by atoms with Gasteiger partial charge >= 0.3 is 6.55 Å². The van der Waals surface area contributed by atoms with Gasteiger partial charge in [-0.2, -0.15) is 18.6 Å². The molecule has 1 aliphatic rings. The molecule has 8 heteroatoms. The molecule has 0 aliphatic carbocycles. The average molecular weight is 274 g/mol. The number of carbonyl (C=O) groups is 1. The number of halogens is 2. The first-order chi connectivity index (χ1) is 9.18. The Balaban J connectivity index is 1.79. The zero-order chi connectivity index (χ0) is 13.7. The summed E-state index contributed by atoms with van der Waals surface area (Å²) in [6.45, 7) is 1.30. The highest BCUT2D eigenvalue weighted by Crippen LogP contribution is 2.11. The van der Waals surface area contributed by atoms with Gasteiger partial charge in [-0.25, -0.2) is 0 Å². The SMILES string of the molecule is O=C(NCCN1CCOCC1)c1ccnn1C(F)F. The Morgan fingerprint density at radius 2 is 2.21 bits per heavy atom. The van der Waals surface area contributed by atoms with Crippen molar-refractivity contribution in [3.63, 3.8) is 0 Å². The Morgan fingerprint density at radius 3 is 2.89 bits per heavy atom. The summed E-state index contributed by atoms with van der Waals surface area (Å²) in [7, 11) is 0. The first-order valence-corrected chi connectivity index (χ1v) is 6.08. The van der Waals surface area contributed by atoms with E-state index in [2.05, 4.69) is 15.3 Å². The lowest BCUT2D eigenvalue weighted by atomic mass is 10.3. The lowest BCUT2D eigenvalue weighted by Gasteiger charge is -2.26. The van der Waals surface area contributed by atoms with Crippen molar-refractivity contribution in [1.82, 2.24) is 20.0 Å². The molecule has 6 nitrogen and oxygen atoms in total. The third-order valence-corrected chi connectivity index (χ3v) is 2.91. The van der Waals surface area contributed by atoms with Crippen molar-refractivity contribution in [3.8, 4) is 0 Å². The highest BCUT2D eigenvalue weighted by atomic mass is 19.3. The molecule has 2 heterocycles. The topological polar surface area (TPSA) is 59.4 Å². The molecule has 19 heavy (non-hydrogen) atoms. The van der Waals surface area contributed by atoms with Crippen molar-refractivity contribution in [2.24, 2.45) is 0 Å². The molecule has 106 valence electrons. The largest absolute Gasteiger partial charge is 0.379 e. The fourth-order valence-corrected chi connectivity index (χ4v) is 1.89. The molecule has 1 aromatic heterocycles. The minimum absolute atomic E-state index is 0.128. The zero-order valence-corrected chi connectivity index (χ0v) is 10.4. The standard InChI is InChI=1S/C11H16F2N4O2/c12-11(13)17-9(1-2-15-17)10(18)14-3-4-16-5-7-19-8-6-16/h1-2,11H,3-8H2,(H,14,18). The molecule has 0 bridgehead atoms. The van der Waals surface area contributed by atoms with Crippen LogP contribution in [-0.4, -0.2) is 60.0 Å². The predicted molar refractivity (Wildman–Crippen MR) is 63.1 cm³/mol. The van der Waals surface area contributed by atoms with E-state index >= 15 is 0 Å². The maximum atomic E-state index is 12.5. The van der Waals surface area contributed by atoms with Crippen LogP contribution in [0.2, 0.25) is 0 Å². The first-order valence-electron chi connectivity index (χ1n) is 6.08. The summed E-state index contributed by atoms with van der Waals surface area (Å²) in [5.74, 6) is -0.536. The van der Waals surface area contributed by atoms with Crippen molar-refractivity contribution in [2.45, 2.75) is 6.55 Å². The van der Waals surface area contributed by atoms with Crippen molar-refractivity contribution in [3.05, 3.63) is 18.0 Å². The maximum absolute atomic E-state index is 12.5. The van der Waals surface area contributed by atoms with Gasteiger partial charge in [-0.15, -0.1) is 0 Å².